The van der Waals surface area contributed by atoms with Gasteiger partial charge in [-0.25, -0.2) is 4.79 Å². The molecule has 1 saturated carbocycles. The van der Waals surface area contributed by atoms with Crippen LogP contribution in [0.1, 0.15) is 62.6 Å². The van der Waals surface area contributed by atoms with Crippen molar-refractivity contribution in [1.82, 2.24) is 0 Å². The van der Waals surface area contributed by atoms with Crippen LogP contribution >= 0.6 is 11.6 Å². The number of hydrogen-bond donors (Lipinski definition) is 2. The molecule has 190 valence electrons. The maximum atomic E-state index is 13.1. The van der Waals surface area contributed by atoms with E-state index in [2.05, 4.69) is 31.3 Å². The fraction of sp³-hybridized carbons (Fsp3) is 0.552. The van der Waals surface area contributed by atoms with E-state index in [1.807, 2.05) is 31.2 Å². The number of methoxy groups -OCH3 is 1. The molecule has 0 bridgehead atoms. The van der Waals surface area contributed by atoms with Gasteiger partial charge in [0, 0.05) is 17.3 Å². The van der Waals surface area contributed by atoms with Crippen molar-refractivity contribution in [3.8, 4) is 5.75 Å². The Hall–Kier alpha value is -2.24. The fourth-order valence-electron chi connectivity index (χ4n) is 6.46. The number of aliphatic hydroxyl groups excluding tert-OH is 1. The second-order valence-electron chi connectivity index (χ2n) is 10.5. The quantitative estimate of drug-likeness (QED) is 0.431. The van der Waals surface area contributed by atoms with Gasteiger partial charge in [0.25, 0.3) is 0 Å². The lowest BCUT2D eigenvalue weighted by Gasteiger charge is -2.47. The van der Waals surface area contributed by atoms with E-state index in [0.717, 1.165) is 37.1 Å². The van der Waals surface area contributed by atoms with E-state index in [9.17, 15) is 9.90 Å². The number of hydrogen-bond acceptors (Lipinski definition) is 5. The number of aliphatic hydroxyl groups is 1. The van der Waals surface area contributed by atoms with Gasteiger partial charge in [-0.05, 0) is 111 Å². The molecule has 1 spiro atoms. The number of carbonyl (C=O) groups excluding carboxylic acids is 1. The summed E-state index contributed by atoms with van der Waals surface area (Å²) < 4.78 is 11.3. The van der Waals surface area contributed by atoms with Crippen LogP contribution in [0.3, 0.4) is 0 Å². The van der Waals surface area contributed by atoms with Gasteiger partial charge in [-0.3, -0.25) is 0 Å². The molecule has 2 atom stereocenters. The smallest absolute Gasteiger partial charge is 0.331 e. The van der Waals surface area contributed by atoms with E-state index in [4.69, 9.17) is 21.1 Å². The minimum absolute atomic E-state index is 0.0498. The summed E-state index contributed by atoms with van der Waals surface area (Å²) in [4.78, 5) is 13.1. The molecular formula is C29H38ClNO4. The topological polar surface area (TPSA) is 67.8 Å². The average molecular weight is 500 g/mol. The van der Waals surface area contributed by atoms with Gasteiger partial charge < -0.3 is 19.9 Å². The van der Waals surface area contributed by atoms with E-state index < -0.39 is 5.54 Å². The molecule has 0 heterocycles. The van der Waals surface area contributed by atoms with E-state index in [1.54, 1.807) is 0 Å². The molecule has 1 fully saturated rings. The standard InChI is InChI=1S/C29H38ClNO4/c1-5-35-26-17-25-21(14-20(26)3)15-22(13-19(2)18-32)28(25)9-11-29(12-10-28,27(33)34-4)31-24-8-6-7-23(30)16-24/h6-8,14,16-17,19,22,31-32H,5,9-13,15,18H2,1-4H3/t19-,22?,28?,29?/m1/s1. The summed E-state index contributed by atoms with van der Waals surface area (Å²) in [6.45, 7) is 7.07. The molecule has 1 unspecified atom stereocenters. The Labute approximate surface area is 214 Å². The van der Waals surface area contributed by atoms with Gasteiger partial charge >= 0.3 is 5.97 Å². The average Bonchev–Trinajstić information content (AvgIpc) is 3.12. The normalized spacial score (nSPS) is 26.3. The minimum Gasteiger partial charge on any atom is -0.494 e. The minimum atomic E-state index is -0.798. The van der Waals surface area contributed by atoms with Crippen molar-refractivity contribution in [3.63, 3.8) is 0 Å². The van der Waals surface area contributed by atoms with Crippen LogP contribution in [0.2, 0.25) is 5.02 Å². The maximum Gasteiger partial charge on any atom is 0.331 e. The molecule has 0 saturated heterocycles. The molecule has 0 aliphatic heterocycles. The van der Waals surface area contributed by atoms with Crippen LogP contribution < -0.4 is 10.1 Å². The highest BCUT2D eigenvalue weighted by molar-refractivity contribution is 6.30. The summed E-state index contributed by atoms with van der Waals surface area (Å²) in [5.74, 6) is 1.36. The first kappa shape index (κ1) is 25.8. The van der Waals surface area contributed by atoms with Gasteiger partial charge in [-0.1, -0.05) is 30.7 Å². The first-order valence-electron chi connectivity index (χ1n) is 12.8. The van der Waals surface area contributed by atoms with Crippen molar-refractivity contribution < 1.29 is 19.4 Å². The molecule has 2 aliphatic carbocycles. The summed E-state index contributed by atoms with van der Waals surface area (Å²) in [7, 11) is 1.46. The number of ether oxygens (including phenoxy) is 2. The first-order chi connectivity index (χ1) is 16.8. The van der Waals surface area contributed by atoms with Crippen LogP contribution in [0.4, 0.5) is 5.69 Å². The number of esters is 1. The second-order valence-corrected chi connectivity index (χ2v) is 10.9. The van der Waals surface area contributed by atoms with Crippen molar-refractivity contribution in [2.75, 3.05) is 25.6 Å². The highest BCUT2D eigenvalue weighted by atomic mass is 35.5. The van der Waals surface area contributed by atoms with E-state index in [-0.39, 0.29) is 23.9 Å². The third-order valence-electron chi connectivity index (χ3n) is 8.26. The number of benzene rings is 2. The number of aryl methyl sites for hydroxylation is 1. The van der Waals surface area contributed by atoms with Crippen LogP contribution in [0.25, 0.3) is 0 Å². The van der Waals surface area contributed by atoms with E-state index in [0.29, 0.717) is 30.4 Å². The van der Waals surface area contributed by atoms with Crippen LogP contribution in [0, 0.1) is 18.8 Å². The van der Waals surface area contributed by atoms with Crippen LogP contribution in [-0.2, 0) is 21.4 Å². The van der Waals surface area contributed by atoms with Gasteiger partial charge in [0.1, 0.15) is 11.3 Å². The molecule has 2 aromatic rings. The molecule has 0 aromatic heterocycles. The van der Waals surface area contributed by atoms with Crippen molar-refractivity contribution in [2.24, 2.45) is 11.8 Å². The molecule has 6 heteroatoms. The van der Waals surface area contributed by atoms with Gasteiger partial charge in [-0.2, -0.15) is 0 Å². The number of rotatable bonds is 8. The van der Waals surface area contributed by atoms with Gasteiger partial charge in [-0.15, -0.1) is 0 Å². The fourth-order valence-corrected chi connectivity index (χ4v) is 6.65. The zero-order chi connectivity index (χ0) is 25.2. The Morgan fingerprint density at radius 3 is 2.60 bits per heavy atom. The molecule has 2 aromatic carbocycles. The number of halogens is 1. The van der Waals surface area contributed by atoms with Crippen molar-refractivity contribution in [3.05, 3.63) is 58.1 Å². The van der Waals surface area contributed by atoms with Crippen molar-refractivity contribution in [2.45, 2.75) is 70.3 Å². The molecular weight excluding hydrogens is 462 g/mol. The van der Waals surface area contributed by atoms with Crippen molar-refractivity contribution in [1.29, 1.82) is 0 Å². The molecule has 4 rings (SSSR count). The Bertz CT molecular complexity index is 1060. The molecule has 2 N–H and O–H groups in total. The highest BCUT2D eigenvalue weighted by Gasteiger charge is 2.54. The Morgan fingerprint density at radius 2 is 1.97 bits per heavy atom. The molecule has 0 amide bonds. The van der Waals surface area contributed by atoms with Crippen LogP contribution in [0.15, 0.2) is 36.4 Å². The van der Waals surface area contributed by atoms with Gasteiger partial charge in [0.15, 0.2) is 0 Å². The summed E-state index contributed by atoms with van der Waals surface area (Å²) in [5, 5.41) is 14.0. The molecule has 35 heavy (non-hydrogen) atoms. The zero-order valence-electron chi connectivity index (χ0n) is 21.3. The number of fused-ring (bicyclic) bond motifs is 2. The van der Waals surface area contributed by atoms with Crippen LogP contribution in [0.5, 0.6) is 5.75 Å². The number of anilines is 1. The Morgan fingerprint density at radius 1 is 1.23 bits per heavy atom. The maximum absolute atomic E-state index is 13.1. The SMILES string of the molecule is CCOc1cc2c(cc1C)CC(C[C@@H](C)CO)C21CCC(Nc2cccc(Cl)c2)(C(=O)OC)CC1. The van der Waals surface area contributed by atoms with Crippen LogP contribution in [-0.4, -0.2) is 36.9 Å². The summed E-state index contributed by atoms with van der Waals surface area (Å²) >= 11 is 6.22. The largest absolute Gasteiger partial charge is 0.494 e. The lowest BCUT2D eigenvalue weighted by molar-refractivity contribution is -0.148. The predicted octanol–water partition coefficient (Wildman–Crippen LogP) is 6.07. The van der Waals surface area contributed by atoms with Crippen molar-refractivity contribution >= 4 is 23.3 Å². The lowest BCUT2D eigenvalue weighted by Crippen LogP contribution is -2.53. The first-order valence-corrected chi connectivity index (χ1v) is 13.1. The van der Waals surface area contributed by atoms with E-state index >= 15 is 0 Å². The zero-order valence-corrected chi connectivity index (χ0v) is 22.1. The predicted molar refractivity (Wildman–Crippen MR) is 140 cm³/mol. The lowest BCUT2D eigenvalue weighted by atomic mass is 9.59. The number of carbonyl (C=O) groups is 1. The molecule has 5 nitrogen and oxygen atoms in total. The summed E-state index contributed by atoms with van der Waals surface area (Å²) in [6, 6.07) is 12.1. The third-order valence-corrected chi connectivity index (χ3v) is 8.50. The monoisotopic (exact) mass is 499 g/mol. The number of nitrogens with one attached hydrogen (secondary N) is 1. The summed E-state index contributed by atoms with van der Waals surface area (Å²) in [6.07, 6.45) is 5.00. The van der Waals surface area contributed by atoms with Gasteiger partial charge in [0.05, 0.1) is 13.7 Å². The summed E-state index contributed by atoms with van der Waals surface area (Å²) in [5.41, 5.74) is 3.89. The Balaban J connectivity index is 1.70. The third kappa shape index (κ3) is 4.90. The highest BCUT2D eigenvalue weighted by Crippen LogP contribution is 2.57. The molecule has 0 radical (unpaired) electrons. The molecule has 2 aliphatic rings. The van der Waals surface area contributed by atoms with E-state index in [1.165, 1.54) is 23.8 Å². The second kappa shape index (κ2) is 10.4. The van der Waals surface area contributed by atoms with Gasteiger partial charge in [0.2, 0.25) is 0 Å². The Kier molecular flexibility index (Phi) is 7.68.